The highest BCUT2D eigenvalue weighted by Crippen LogP contribution is 2.26. The third-order valence-electron chi connectivity index (χ3n) is 2.96. The van der Waals surface area contributed by atoms with Crippen LogP contribution in [-0.2, 0) is 0 Å². The van der Waals surface area contributed by atoms with E-state index < -0.39 is 0 Å². The molecule has 1 unspecified atom stereocenters. The summed E-state index contributed by atoms with van der Waals surface area (Å²) in [6.07, 6.45) is 2.67. The molecular weight excluding hydrogens is 321 g/mol. The maximum atomic E-state index is 14.1. The van der Waals surface area contributed by atoms with E-state index in [0.717, 1.165) is 23.1 Å². The Morgan fingerprint density at radius 1 is 1.35 bits per heavy atom. The van der Waals surface area contributed by atoms with Gasteiger partial charge in [-0.1, -0.05) is 22.9 Å². The summed E-state index contributed by atoms with van der Waals surface area (Å²) in [5, 5.41) is 3.35. The molecule has 5 heteroatoms. The Hall–Kier alpha value is -1.33. The highest BCUT2D eigenvalue weighted by Gasteiger charge is 2.19. The zero-order valence-corrected chi connectivity index (χ0v) is 13.1. The second kappa shape index (κ2) is 6.90. The Bertz CT molecular complexity index is 589. The molecule has 20 heavy (non-hydrogen) atoms. The summed E-state index contributed by atoms with van der Waals surface area (Å²) >= 11 is 3.39. The summed E-state index contributed by atoms with van der Waals surface area (Å²) in [5.74, 6) is 0.444. The van der Waals surface area contributed by atoms with E-state index in [2.05, 4.69) is 38.1 Å². The number of hydrogen-bond donors (Lipinski definition) is 1. The van der Waals surface area contributed by atoms with Crippen molar-refractivity contribution in [3.8, 4) is 0 Å². The summed E-state index contributed by atoms with van der Waals surface area (Å²) in [6, 6.07) is 6.50. The molecule has 1 heterocycles. The monoisotopic (exact) mass is 337 g/mol. The molecular formula is C15H17BrFN3. The Morgan fingerprint density at radius 3 is 2.85 bits per heavy atom. The number of nitrogens with zero attached hydrogens (tertiary/aromatic N) is 2. The van der Waals surface area contributed by atoms with E-state index in [1.165, 1.54) is 6.07 Å². The number of benzene rings is 1. The molecule has 2 aromatic rings. The van der Waals surface area contributed by atoms with Gasteiger partial charge in [-0.25, -0.2) is 14.4 Å². The van der Waals surface area contributed by atoms with Crippen LogP contribution in [0.5, 0.6) is 0 Å². The molecule has 0 aliphatic heterocycles. The molecule has 0 aliphatic carbocycles. The fourth-order valence-corrected chi connectivity index (χ4v) is 2.41. The van der Waals surface area contributed by atoms with Gasteiger partial charge in [-0.2, -0.15) is 0 Å². The van der Waals surface area contributed by atoms with Gasteiger partial charge >= 0.3 is 0 Å². The van der Waals surface area contributed by atoms with Gasteiger partial charge in [0.2, 0.25) is 0 Å². The highest BCUT2D eigenvalue weighted by atomic mass is 79.9. The van der Waals surface area contributed by atoms with E-state index in [0.29, 0.717) is 11.4 Å². The van der Waals surface area contributed by atoms with Crippen molar-refractivity contribution < 1.29 is 4.39 Å². The van der Waals surface area contributed by atoms with E-state index in [-0.39, 0.29) is 11.9 Å². The van der Waals surface area contributed by atoms with Crippen molar-refractivity contribution in [3.63, 3.8) is 0 Å². The van der Waals surface area contributed by atoms with Gasteiger partial charge in [-0.15, -0.1) is 0 Å². The predicted octanol–water partition coefficient (Wildman–Crippen LogP) is 3.78. The van der Waals surface area contributed by atoms with Crippen LogP contribution in [-0.4, -0.2) is 16.5 Å². The van der Waals surface area contributed by atoms with Gasteiger partial charge in [-0.05, 0) is 44.2 Å². The largest absolute Gasteiger partial charge is 0.305 e. The van der Waals surface area contributed by atoms with Crippen LogP contribution in [0.3, 0.4) is 0 Å². The average molecular weight is 338 g/mol. The number of hydrogen-bond acceptors (Lipinski definition) is 3. The zero-order chi connectivity index (χ0) is 14.5. The normalized spacial score (nSPS) is 12.4. The quantitative estimate of drug-likeness (QED) is 0.902. The molecule has 0 saturated heterocycles. The van der Waals surface area contributed by atoms with Crippen LogP contribution < -0.4 is 5.32 Å². The molecule has 0 spiro atoms. The first kappa shape index (κ1) is 15.1. The number of halogens is 2. The van der Waals surface area contributed by atoms with E-state index in [1.54, 1.807) is 18.3 Å². The lowest BCUT2D eigenvalue weighted by Crippen LogP contribution is -2.25. The van der Waals surface area contributed by atoms with Gasteiger partial charge < -0.3 is 5.32 Å². The molecule has 0 saturated carbocycles. The van der Waals surface area contributed by atoms with Crippen LogP contribution in [0.2, 0.25) is 0 Å². The molecule has 1 atom stereocenters. The Labute approximate surface area is 126 Å². The Morgan fingerprint density at radius 2 is 2.15 bits per heavy atom. The van der Waals surface area contributed by atoms with E-state index in [9.17, 15) is 4.39 Å². The van der Waals surface area contributed by atoms with Crippen molar-refractivity contribution >= 4 is 15.9 Å². The van der Waals surface area contributed by atoms with Crippen molar-refractivity contribution in [1.82, 2.24) is 15.3 Å². The lowest BCUT2D eigenvalue weighted by Gasteiger charge is -2.19. The molecule has 0 radical (unpaired) electrons. The lowest BCUT2D eigenvalue weighted by atomic mass is 10.0. The topological polar surface area (TPSA) is 37.8 Å². The minimum Gasteiger partial charge on any atom is -0.305 e. The minimum absolute atomic E-state index is 0.238. The number of aryl methyl sites for hydroxylation is 1. The van der Waals surface area contributed by atoms with Crippen molar-refractivity contribution in [2.75, 3.05) is 6.54 Å². The molecule has 2 rings (SSSR count). The van der Waals surface area contributed by atoms with Crippen molar-refractivity contribution in [1.29, 1.82) is 0 Å². The molecule has 1 aromatic carbocycles. The maximum Gasteiger partial charge on any atom is 0.128 e. The molecule has 1 N–H and O–H groups in total. The first-order chi connectivity index (χ1) is 9.61. The fourth-order valence-electron chi connectivity index (χ4n) is 2.03. The average Bonchev–Trinajstić information content (AvgIpc) is 2.43. The second-order valence-electron chi connectivity index (χ2n) is 4.58. The van der Waals surface area contributed by atoms with E-state index in [1.807, 2.05) is 13.0 Å². The zero-order valence-electron chi connectivity index (χ0n) is 11.5. The number of aromatic nitrogens is 2. The molecule has 0 aliphatic rings. The molecule has 3 nitrogen and oxygen atoms in total. The molecule has 0 bridgehead atoms. The summed E-state index contributed by atoms with van der Waals surface area (Å²) < 4.78 is 15.0. The minimum atomic E-state index is -0.269. The second-order valence-corrected chi connectivity index (χ2v) is 5.50. The van der Waals surface area contributed by atoms with Crippen LogP contribution in [0.4, 0.5) is 4.39 Å². The van der Waals surface area contributed by atoms with Crippen LogP contribution in [0, 0.1) is 12.7 Å². The van der Waals surface area contributed by atoms with Gasteiger partial charge in [0.1, 0.15) is 11.6 Å². The summed E-state index contributed by atoms with van der Waals surface area (Å²) in [5.41, 5.74) is 1.37. The summed E-state index contributed by atoms with van der Waals surface area (Å²) in [4.78, 5) is 8.51. The molecule has 1 aromatic heterocycles. The van der Waals surface area contributed by atoms with E-state index in [4.69, 9.17) is 0 Å². The van der Waals surface area contributed by atoms with Crippen LogP contribution >= 0.6 is 15.9 Å². The van der Waals surface area contributed by atoms with Crippen molar-refractivity contribution in [2.24, 2.45) is 0 Å². The highest BCUT2D eigenvalue weighted by molar-refractivity contribution is 9.10. The first-order valence-electron chi connectivity index (χ1n) is 6.59. The van der Waals surface area contributed by atoms with Crippen LogP contribution in [0.15, 0.2) is 34.9 Å². The fraction of sp³-hybridized carbons (Fsp3) is 0.333. The van der Waals surface area contributed by atoms with Gasteiger partial charge in [0.05, 0.1) is 11.7 Å². The van der Waals surface area contributed by atoms with Gasteiger partial charge in [0, 0.05) is 16.2 Å². The van der Waals surface area contributed by atoms with Gasteiger partial charge in [0.25, 0.3) is 0 Å². The first-order valence-corrected chi connectivity index (χ1v) is 7.39. The Kier molecular flexibility index (Phi) is 5.20. The summed E-state index contributed by atoms with van der Waals surface area (Å²) in [7, 11) is 0. The SMILES string of the molecule is CCCNC(c1ccnc(C)n1)c1cc(Br)ccc1F. The van der Waals surface area contributed by atoms with E-state index >= 15 is 0 Å². The molecule has 0 amide bonds. The third-order valence-corrected chi connectivity index (χ3v) is 3.45. The van der Waals surface area contributed by atoms with Crippen LogP contribution in [0.25, 0.3) is 0 Å². The molecule has 0 fully saturated rings. The smallest absolute Gasteiger partial charge is 0.128 e. The summed E-state index contributed by atoms with van der Waals surface area (Å²) in [6.45, 7) is 4.70. The predicted molar refractivity (Wildman–Crippen MR) is 81.0 cm³/mol. The van der Waals surface area contributed by atoms with Crippen LogP contribution in [0.1, 0.15) is 36.5 Å². The number of rotatable bonds is 5. The standard InChI is InChI=1S/C15H17BrFN3/c1-3-7-19-15(14-6-8-18-10(2)20-14)12-9-11(16)4-5-13(12)17/h4-6,8-9,15,19H,3,7H2,1-2H3. The molecule has 106 valence electrons. The van der Waals surface area contributed by atoms with Crippen molar-refractivity contribution in [3.05, 3.63) is 57.8 Å². The van der Waals surface area contributed by atoms with Gasteiger partial charge in [-0.3, -0.25) is 0 Å². The van der Waals surface area contributed by atoms with Gasteiger partial charge in [0.15, 0.2) is 0 Å². The number of nitrogens with one attached hydrogen (secondary N) is 1. The maximum absolute atomic E-state index is 14.1. The Balaban J connectivity index is 2.44. The van der Waals surface area contributed by atoms with Crippen molar-refractivity contribution in [2.45, 2.75) is 26.3 Å². The lowest BCUT2D eigenvalue weighted by molar-refractivity contribution is 0.537. The third kappa shape index (κ3) is 3.61.